The molecule has 0 spiro atoms. The Morgan fingerprint density at radius 2 is 1.65 bits per heavy atom. The van der Waals surface area contributed by atoms with Crippen molar-refractivity contribution >= 4 is 27.8 Å². The third-order valence-electron chi connectivity index (χ3n) is 5.07. The second kappa shape index (κ2) is 10.7. The lowest BCUT2D eigenvalue weighted by atomic mass is 10.2. The summed E-state index contributed by atoms with van der Waals surface area (Å²) in [5.74, 6) is -1.50. The number of amides is 2. The van der Waals surface area contributed by atoms with Crippen LogP contribution in [0.1, 0.15) is 26.7 Å². The van der Waals surface area contributed by atoms with Gasteiger partial charge < -0.3 is 14.5 Å². The van der Waals surface area contributed by atoms with Crippen LogP contribution in [0.4, 0.5) is 4.39 Å². The molecular formula is C20H28FN3O6S. The minimum Gasteiger partial charge on any atom is -0.453 e. The van der Waals surface area contributed by atoms with Crippen LogP contribution in [0.15, 0.2) is 29.2 Å². The zero-order valence-corrected chi connectivity index (χ0v) is 18.7. The number of nitrogens with zero attached hydrogens (tertiary/aromatic N) is 3. The van der Waals surface area contributed by atoms with Crippen LogP contribution in [0.3, 0.4) is 0 Å². The first-order valence-corrected chi connectivity index (χ1v) is 11.4. The van der Waals surface area contributed by atoms with Gasteiger partial charge in [-0.15, -0.1) is 0 Å². The molecule has 0 bridgehead atoms. The summed E-state index contributed by atoms with van der Waals surface area (Å²) < 4.78 is 44.1. The van der Waals surface area contributed by atoms with Crippen molar-refractivity contribution in [2.75, 3.05) is 39.8 Å². The second-order valence-electron chi connectivity index (χ2n) is 7.35. The Balaban J connectivity index is 1.76. The SMILES string of the molecule is CC(=O)N1CCN(C(=O)C(C)OC(=O)CCCN(C)S(=O)(=O)c2ccc(F)cc2)CC1. The van der Waals surface area contributed by atoms with Crippen LogP contribution in [0.2, 0.25) is 0 Å². The molecule has 2 rings (SSSR count). The Morgan fingerprint density at radius 3 is 2.19 bits per heavy atom. The molecule has 1 aromatic rings. The number of piperazine rings is 1. The average molecular weight is 458 g/mol. The molecule has 1 saturated heterocycles. The van der Waals surface area contributed by atoms with Crippen molar-refractivity contribution in [3.05, 3.63) is 30.1 Å². The minimum atomic E-state index is -3.79. The van der Waals surface area contributed by atoms with E-state index < -0.39 is 27.9 Å². The number of carbonyl (C=O) groups excluding carboxylic acids is 3. The molecule has 9 nitrogen and oxygen atoms in total. The summed E-state index contributed by atoms with van der Waals surface area (Å²) in [6, 6.07) is 4.49. The molecule has 0 saturated carbocycles. The molecule has 2 amide bonds. The molecule has 1 aliphatic rings. The molecule has 0 aromatic heterocycles. The van der Waals surface area contributed by atoms with Gasteiger partial charge in [0.25, 0.3) is 5.91 Å². The standard InChI is InChI=1S/C20H28FN3O6S/c1-15(20(27)24-13-11-23(12-14-24)16(2)25)30-19(26)5-4-10-22(3)31(28,29)18-8-6-17(21)7-9-18/h6-9,15H,4-5,10-14H2,1-3H3. The van der Waals surface area contributed by atoms with Crippen molar-refractivity contribution in [3.8, 4) is 0 Å². The first-order chi connectivity index (χ1) is 14.5. The number of halogens is 1. The zero-order valence-electron chi connectivity index (χ0n) is 17.9. The molecule has 1 aliphatic heterocycles. The van der Waals surface area contributed by atoms with Gasteiger partial charge in [0.2, 0.25) is 15.9 Å². The van der Waals surface area contributed by atoms with E-state index in [1.807, 2.05) is 0 Å². The van der Waals surface area contributed by atoms with Gasteiger partial charge in [-0.1, -0.05) is 0 Å². The smallest absolute Gasteiger partial charge is 0.306 e. The molecule has 11 heteroatoms. The Kier molecular flexibility index (Phi) is 8.52. The molecular weight excluding hydrogens is 429 g/mol. The third kappa shape index (κ3) is 6.73. The number of esters is 1. The molecule has 0 radical (unpaired) electrons. The number of hydrogen-bond acceptors (Lipinski definition) is 6. The monoisotopic (exact) mass is 457 g/mol. The lowest BCUT2D eigenvalue weighted by molar-refractivity contribution is -0.160. The van der Waals surface area contributed by atoms with Gasteiger partial charge in [0.1, 0.15) is 5.82 Å². The summed E-state index contributed by atoms with van der Waals surface area (Å²) in [6.07, 6.45) is -0.815. The molecule has 172 valence electrons. The van der Waals surface area contributed by atoms with Gasteiger partial charge in [0, 0.05) is 53.1 Å². The van der Waals surface area contributed by atoms with Crippen LogP contribution in [-0.2, 0) is 29.1 Å². The molecule has 0 N–H and O–H groups in total. The lowest BCUT2D eigenvalue weighted by Gasteiger charge is -2.35. The maximum Gasteiger partial charge on any atom is 0.306 e. The van der Waals surface area contributed by atoms with E-state index in [4.69, 9.17) is 4.74 Å². The van der Waals surface area contributed by atoms with Crippen LogP contribution >= 0.6 is 0 Å². The lowest BCUT2D eigenvalue weighted by Crippen LogP contribution is -2.52. The number of ether oxygens (including phenoxy) is 1. The van der Waals surface area contributed by atoms with Crippen LogP contribution < -0.4 is 0 Å². The average Bonchev–Trinajstić information content (AvgIpc) is 2.73. The maximum absolute atomic E-state index is 13.0. The zero-order chi connectivity index (χ0) is 23.2. The van der Waals surface area contributed by atoms with Crippen molar-refractivity contribution in [1.29, 1.82) is 0 Å². The number of rotatable bonds is 8. The highest BCUT2D eigenvalue weighted by Gasteiger charge is 2.28. The maximum atomic E-state index is 13.0. The summed E-state index contributed by atoms with van der Waals surface area (Å²) in [5.41, 5.74) is 0. The first kappa shape index (κ1) is 24.7. The quantitative estimate of drug-likeness (QED) is 0.536. The highest BCUT2D eigenvalue weighted by molar-refractivity contribution is 7.89. The molecule has 0 aliphatic carbocycles. The largest absolute Gasteiger partial charge is 0.453 e. The van der Waals surface area contributed by atoms with E-state index in [1.54, 1.807) is 9.80 Å². The predicted octanol–water partition coefficient (Wildman–Crippen LogP) is 0.849. The van der Waals surface area contributed by atoms with E-state index in [0.717, 1.165) is 16.4 Å². The second-order valence-corrected chi connectivity index (χ2v) is 9.39. The molecule has 1 aromatic carbocycles. The Hall–Kier alpha value is -2.53. The highest BCUT2D eigenvalue weighted by atomic mass is 32.2. The Morgan fingerprint density at radius 1 is 1.10 bits per heavy atom. The van der Waals surface area contributed by atoms with Crippen LogP contribution in [-0.4, -0.2) is 86.2 Å². The first-order valence-electron chi connectivity index (χ1n) is 9.98. The van der Waals surface area contributed by atoms with E-state index in [0.29, 0.717) is 26.2 Å². The molecule has 1 atom stereocenters. The van der Waals surface area contributed by atoms with Crippen molar-refractivity contribution in [2.24, 2.45) is 0 Å². The summed E-state index contributed by atoms with van der Waals surface area (Å²) in [5, 5.41) is 0. The fourth-order valence-electron chi connectivity index (χ4n) is 3.16. The number of hydrogen-bond donors (Lipinski definition) is 0. The number of benzene rings is 1. The van der Waals surface area contributed by atoms with Gasteiger partial charge in [-0.25, -0.2) is 17.1 Å². The van der Waals surface area contributed by atoms with Gasteiger partial charge in [-0.3, -0.25) is 14.4 Å². The van der Waals surface area contributed by atoms with E-state index in [9.17, 15) is 27.2 Å². The molecule has 31 heavy (non-hydrogen) atoms. The fourth-order valence-corrected chi connectivity index (χ4v) is 4.37. The summed E-state index contributed by atoms with van der Waals surface area (Å²) in [4.78, 5) is 39.0. The van der Waals surface area contributed by atoms with Gasteiger partial charge in [-0.2, -0.15) is 0 Å². The van der Waals surface area contributed by atoms with Gasteiger partial charge in [0.15, 0.2) is 6.10 Å². The Labute approximate surface area is 181 Å². The van der Waals surface area contributed by atoms with Gasteiger partial charge >= 0.3 is 5.97 Å². The molecule has 1 fully saturated rings. The van der Waals surface area contributed by atoms with Crippen molar-refractivity contribution in [2.45, 2.75) is 37.7 Å². The van der Waals surface area contributed by atoms with Crippen molar-refractivity contribution < 1.29 is 31.9 Å². The van der Waals surface area contributed by atoms with Crippen LogP contribution in [0, 0.1) is 5.82 Å². The van der Waals surface area contributed by atoms with E-state index in [1.165, 1.54) is 33.0 Å². The topological polar surface area (TPSA) is 104 Å². The summed E-state index contributed by atoms with van der Waals surface area (Å²) in [7, 11) is -2.42. The van der Waals surface area contributed by atoms with Crippen LogP contribution in [0.25, 0.3) is 0 Å². The number of sulfonamides is 1. The Bertz CT molecular complexity index is 898. The highest BCUT2D eigenvalue weighted by Crippen LogP contribution is 2.15. The third-order valence-corrected chi connectivity index (χ3v) is 6.94. The predicted molar refractivity (Wildman–Crippen MR) is 110 cm³/mol. The van der Waals surface area contributed by atoms with Gasteiger partial charge in [0.05, 0.1) is 4.90 Å². The summed E-state index contributed by atoms with van der Waals surface area (Å²) in [6.45, 7) is 4.67. The van der Waals surface area contributed by atoms with E-state index in [2.05, 4.69) is 0 Å². The fraction of sp³-hybridized carbons (Fsp3) is 0.550. The van der Waals surface area contributed by atoms with E-state index >= 15 is 0 Å². The summed E-state index contributed by atoms with van der Waals surface area (Å²) >= 11 is 0. The van der Waals surface area contributed by atoms with Crippen molar-refractivity contribution in [1.82, 2.24) is 14.1 Å². The van der Waals surface area contributed by atoms with Crippen LogP contribution in [0.5, 0.6) is 0 Å². The number of carbonyl (C=O) groups is 3. The molecule has 1 heterocycles. The molecule has 1 unspecified atom stereocenters. The van der Waals surface area contributed by atoms with Crippen molar-refractivity contribution in [3.63, 3.8) is 0 Å². The normalized spacial score (nSPS) is 15.6. The van der Waals surface area contributed by atoms with E-state index in [-0.39, 0.29) is 36.1 Å². The minimum absolute atomic E-state index is 0.0388. The van der Waals surface area contributed by atoms with Gasteiger partial charge in [-0.05, 0) is 37.6 Å².